The summed E-state index contributed by atoms with van der Waals surface area (Å²) in [5, 5.41) is 8.39. The van der Waals surface area contributed by atoms with Crippen LogP contribution in [0.3, 0.4) is 0 Å². The van der Waals surface area contributed by atoms with Gasteiger partial charge in [-0.1, -0.05) is 182 Å². The molecule has 0 saturated heterocycles. The van der Waals surface area contributed by atoms with Crippen LogP contribution >= 0.6 is 25.4 Å². The first-order valence-electron chi connectivity index (χ1n) is 12.9. The Labute approximate surface area is 272 Å². The molecule has 0 amide bonds. The summed E-state index contributed by atoms with van der Waals surface area (Å²) >= 11 is 1.47. The normalized spacial score (nSPS) is 9.98. The van der Waals surface area contributed by atoms with Gasteiger partial charge in [-0.15, -0.1) is 0 Å². The zero-order valence-electron chi connectivity index (χ0n) is 22.3. The Morgan fingerprint density at radius 2 is 0.390 bits per heavy atom. The molecule has 0 atom stereocenters. The van der Waals surface area contributed by atoms with Crippen LogP contribution in [0.15, 0.2) is 182 Å². The van der Waals surface area contributed by atoms with E-state index in [-0.39, 0.29) is 16.8 Å². The van der Waals surface area contributed by atoms with E-state index in [1.165, 1.54) is 49.7 Å². The van der Waals surface area contributed by atoms with Gasteiger partial charge in [0.15, 0.2) is 0 Å². The van der Waals surface area contributed by atoms with Crippen molar-refractivity contribution in [2.75, 3.05) is 0 Å². The molecule has 0 aliphatic carbocycles. The number of rotatable bonds is 6. The fourth-order valence-electron chi connectivity index (χ4n) is 4.36. The van der Waals surface area contributed by atoms with Gasteiger partial charge in [0.05, 0.1) is 0 Å². The van der Waals surface area contributed by atoms with Gasteiger partial charge in [0.2, 0.25) is 0 Å². The van der Waals surface area contributed by atoms with Crippen molar-refractivity contribution < 1.29 is 34.7 Å². The fourth-order valence-corrected chi connectivity index (χ4v) is 8.97. The second kappa shape index (κ2) is 18.9. The quantitative estimate of drug-likeness (QED) is 0.153. The van der Waals surface area contributed by atoms with Crippen LogP contribution < -0.4 is 31.8 Å². The van der Waals surface area contributed by atoms with Gasteiger partial charge in [0.1, 0.15) is 0 Å². The van der Waals surface area contributed by atoms with Crippen LogP contribution in [0.5, 0.6) is 0 Å². The molecular weight excluding hydrogens is 781 g/mol. The molecule has 0 fully saturated rings. The zero-order chi connectivity index (χ0) is 27.8. The summed E-state index contributed by atoms with van der Waals surface area (Å²) < 4.78 is 0. The van der Waals surface area contributed by atoms with Crippen molar-refractivity contribution >= 4 is 57.3 Å². The second-order valence-electron chi connectivity index (χ2n) is 8.68. The van der Waals surface area contributed by atoms with E-state index in [0.717, 1.165) is 0 Å². The van der Waals surface area contributed by atoms with Crippen molar-refractivity contribution in [3.8, 4) is 0 Å². The summed E-state index contributed by atoms with van der Waals surface area (Å²) in [5.41, 5.74) is 0. The van der Waals surface area contributed by atoms with E-state index in [1.807, 2.05) is 0 Å². The van der Waals surface area contributed by atoms with Gasteiger partial charge >= 0.3 is 27.5 Å². The molecule has 5 heteroatoms. The van der Waals surface area contributed by atoms with E-state index in [9.17, 15) is 0 Å². The van der Waals surface area contributed by atoms with Gasteiger partial charge in [-0.25, -0.2) is 0 Å². The smallest absolute Gasteiger partial charge is 0 e. The molecule has 0 bridgehead atoms. The first-order chi connectivity index (χ1) is 19.9. The Hall–Kier alpha value is -2.37. The summed E-state index contributed by atoms with van der Waals surface area (Å²) in [6.45, 7) is 0. The van der Waals surface area contributed by atoms with Crippen molar-refractivity contribution in [2.45, 2.75) is 0 Å². The summed E-state index contributed by atoms with van der Waals surface area (Å²) in [6, 6.07) is 64.7. The minimum absolute atomic E-state index is 0. The monoisotopic (exact) mass is 811 g/mol. The maximum atomic E-state index is 4.64. The topological polar surface area (TPSA) is 0 Å². The molecule has 6 rings (SSSR count). The number of hydrogen-bond acceptors (Lipinski definition) is 0. The van der Waals surface area contributed by atoms with E-state index in [4.69, 9.17) is 0 Å². The van der Waals surface area contributed by atoms with Gasteiger partial charge in [0.25, 0.3) is 0 Å². The van der Waals surface area contributed by atoms with Gasteiger partial charge in [-0.2, -0.15) is 0 Å². The largest absolute Gasteiger partial charge is 0.0622 e. The Morgan fingerprint density at radius 3 is 0.512 bits per heavy atom. The van der Waals surface area contributed by atoms with Crippen LogP contribution in [0.4, 0.5) is 0 Å². The van der Waals surface area contributed by atoms with E-state index >= 15 is 0 Å². The van der Waals surface area contributed by atoms with Crippen LogP contribution in [0.2, 0.25) is 0 Å². The average Bonchev–Trinajstić information content (AvgIpc) is 3.06. The number of halogens is 1. The predicted octanol–water partition coefficient (Wildman–Crippen LogP) is 7.57. The van der Waals surface area contributed by atoms with Crippen molar-refractivity contribution in [2.24, 2.45) is 0 Å². The molecule has 0 unspecified atom stereocenters. The minimum atomic E-state index is -0.446. The summed E-state index contributed by atoms with van der Waals surface area (Å²) in [4.78, 5) is 0. The molecule has 0 nitrogen and oxygen atoms in total. The Bertz CT molecular complexity index is 1190. The van der Waals surface area contributed by atoms with Crippen LogP contribution in [0.25, 0.3) is 0 Å². The van der Waals surface area contributed by atoms with Crippen LogP contribution in [-0.2, 0) is 34.7 Å². The van der Waals surface area contributed by atoms with Crippen molar-refractivity contribution in [3.63, 3.8) is 0 Å². The first kappa shape index (κ1) is 33.1. The summed E-state index contributed by atoms with van der Waals surface area (Å²) in [5.74, 6) is 0. The van der Waals surface area contributed by atoms with E-state index in [1.54, 1.807) is 0 Å². The standard InChI is InChI=1S/2C18H15P.ClH.Co.Ir/c2*1-4-10-16(11-5-1)19(17-12-6-2-7-13-17)18-14-8-3-9-15-18;;;/h2*1-15H;1H;;/q;;;;+1/p-1. The molecule has 1 radical (unpaired) electrons. The van der Waals surface area contributed by atoms with Gasteiger partial charge in [0, 0.05) is 16.8 Å². The van der Waals surface area contributed by atoms with Crippen LogP contribution in [-0.4, -0.2) is 0 Å². The van der Waals surface area contributed by atoms with Crippen molar-refractivity contribution in [3.05, 3.63) is 182 Å². The average molecular weight is 811 g/mol. The molecule has 0 aliphatic rings. The van der Waals surface area contributed by atoms with Gasteiger partial charge in [-0.3, -0.25) is 0 Å². The first-order valence-corrected chi connectivity index (χ1v) is 18.6. The molecule has 209 valence electrons. The Morgan fingerprint density at radius 1 is 0.268 bits per heavy atom. The number of benzene rings is 6. The van der Waals surface area contributed by atoms with Crippen LogP contribution in [0.1, 0.15) is 0 Å². The summed E-state index contributed by atoms with van der Waals surface area (Å²) in [6.07, 6.45) is 0. The molecular formula is C36H30ClCoIrP2. The number of hydrogen-bond donors (Lipinski definition) is 0. The van der Waals surface area contributed by atoms with Gasteiger partial charge < -0.3 is 0 Å². The Balaban J connectivity index is 0.000000208. The van der Waals surface area contributed by atoms with Crippen molar-refractivity contribution in [1.29, 1.82) is 0 Å². The summed E-state index contributed by atoms with van der Waals surface area (Å²) in [7, 11) is 3.75. The third-order valence-electron chi connectivity index (χ3n) is 6.09. The molecule has 0 spiro atoms. The molecule has 0 N–H and O–H groups in total. The molecule has 0 aromatic heterocycles. The zero-order valence-corrected chi connectivity index (χ0v) is 28.2. The van der Waals surface area contributed by atoms with E-state index in [2.05, 4.69) is 192 Å². The molecule has 41 heavy (non-hydrogen) atoms. The molecule has 0 heterocycles. The van der Waals surface area contributed by atoms with Gasteiger partial charge in [-0.05, 0) is 47.7 Å². The van der Waals surface area contributed by atoms with E-state index < -0.39 is 15.8 Å². The maximum absolute atomic E-state index is 4.64. The van der Waals surface area contributed by atoms with E-state index in [0.29, 0.717) is 0 Å². The maximum Gasteiger partial charge on any atom is 0 e. The molecule has 0 saturated carbocycles. The fraction of sp³-hybridized carbons (Fsp3) is 0. The SMILES string of the molecule is [Cl][Ir].[Co].c1ccc(P(c2ccccc2)c2ccccc2)cc1.c1ccc(P(c2ccccc2)c2ccccc2)cc1. The molecule has 6 aromatic rings. The third kappa shape index (κ3) is 9.85. The molecule has 6 aromatic carbocycles. The third-order valence-corrected chi connectivity index (χ3v) is 11.0. The predicted molar refractivity (Wildman–Crippen MR) is 176 cm³/mol. The second-order valence-corrected chi connectivity index (χ2v) is 13.1. The van der Waals surface area contributed by atoms with Crippen LogP contribution in [0, 0.1) is 0 Å². The van der Waals surface area contributed by atoms with Crippen molar-refractivity contribution in [1.82, 2.24) is 0 Å². The Kier molecular flexibility index (Phi) is 15.3. The molecule has 0 aliphatic heterocycles. The minimum Gasteiger partial charge on any atom is -0.0622 e.